The summed E-state index contributed by atoms with van der Waals surface area (Å²) in [7, 11) is 1.45. The average molecular weight is 259 g/mol. The van der Waals surface area contributed by atoms with Crippen LogP contribution in [0.1, 0.15) is 40.0 Å². The van der Waals surface area contributed by atoms with Crippen LogP contribution in [0, 0.1) is 5.41 Å². The quantitative estimate of drug-likeness (QED) is 0.744. The van der Waals surface area contributed by atoms with Crippen molar-refractivity contribution < 1.29 is 9.53 Å². The van der Waals surface area contributed by atoms with Crippen LogP contribution in [-0.2, 0) is 9.53 Å². The number of nitrogens with one attached hydrogen (secondary N) is 1. The van der Waals surface area contributed by atoms with Gasteiger partial charge in [0.15, 0.2) is 0 Å². The molecular weight excluding hydrogens is 234 g/mol. The number of carbonyl (C=O) groups is 1. The first-order valence-corrected chi connectivity index (χ1v) is 7.49. The third kappa shape index (κ3) is 4.18. The Bertz CT molecular complexity index is 256. The summed E-state index contributed by atoms with van der Waals surface area (Å²) in [4.78, 5) is 11.6. The Balaban J connectivity index is 2.41. The van der Waals surface area contributed by atoms with Crippen LogP contribution in [-0.4, -0.2) is 36.7 Å². The van der Waals surface area contributed by atoms with Gasteiger partial charge in [0.2, 0.25) is 0 Å². The summed E-state index contributed by atoms with van der Waals surface area (Å²) < 4.78 is 4.82. The Morgan fingerprint density at radius 2 is 2.18 bits per heavy atom. The third-order valence-corrected chi connectivity index (χ3v) is 4.70. The molecule has 1 aliphatic carbocycles. The van der Waals surface area contributed by atoms with Gasteiger partial charge >= 0.3 is 5.97 Å². The molecule has 1 N–H and O–H groups in total. The molecule has 0 aromatic rings. The largest absolute Gasteiger partial charge is 0.469 e. The number of thioether (sulfide) groups is 1. The fourth-order valence-electron chi connectivity index (χ4n) is 2.31. The van der Waals surface area contributed by atoms with Gasteiger partial charge in [-0.3, -0.25) is 4.79 Å². The number of methoxy groups -OCH3 is 1. The number of ether oxygens (including phenoxy) is 1. The predicted octanol–water partition coefficient (Wildman–Crippen LogP) is 2.45. The van der Waals surface area contributed by atoms with E-state index in [1.807, 2.05) is 25.6 Å². The van der Waals surface area contributed by atoms with Gasteiger partial charge in [-0.15, -0.1) is 0 Å². The maximum absolute atomic E-state index is 11.6. The Morgan fingerprint density at radius 3 is 2.76 bits per heavy atom. The first-order valence-electron chi connectivity index (χ1n) is 6.44. The highest BCUT2D eigenvalue weighted by atomic mass is 32.2. The summed E-state index contributed by atoms with van der Waals surface area (Å²) in [5, 5.41) is 4.27. The molecule has 0 aliphatic heterocycles. The number of hydrogen-bond donors (Lipinski definition) is 1. The molecule has 0 amide bonds. The van der Waals surface area contributed by atoms with Crippen molar-refractivity contribution in [1.82, 2.24) is 5.32 Å². The van der Waals surface area contributed by atoms with E-state index in [0.717, 1.165) is 0 Å². The minimum absolute atomic E-state index is 0.136. The van der Waals surface area contributed by atoms with Crippen LogP contribution in [0.4, 0.5) is 0 Å². The number of hydrogen-bond acceptors (Lipinski definition) is 4. The zero-order valence-corrected chi connectivity index (χ0v) is 12.2. The molecule has 0 aromatic carbocycles. The van der Waals surface area contributed by atoms with E-state index in [-0.39, 0.29) is 5.97 Å². The van der Waals surface area contributed by atoms with Crippen LogP contribution < -0.4 is 5.32 Å². The van der Waals surface area contributed by atoms with Crippen LogP contribution in [0.5, 0.6) is 0 Å². The highest BCUT2D eigenvalue weighted by molar-refractivity contribution is 7.99. The van der Waals surface area contributed by atoms with E-state index < -0.39 is 5.41 Å². The normalized spacial score (nSPS) is 24.9. The van der Waals surface area contributed by atoms with Gasteiger partial charge in [0, 0.05) is 17.8 Å². The van der Waals surface area contributed by atoms with Crippen molar-refractivity contribution >= 4 is 17.7 Å². The highest BCUT2D eigenvalue weighted by Crippen LogP contribution is 2.30. The number of esters is 1. The zero-order valence-electron chi connectivity index (χ0n) is 11.4. The van der Waals surface area contributed by atoms with E-state index in [0.29, 0.717) is 17.8 Å². The maximum Gasteiger partial charge on any atom is 0.312 e. The average Bonchev–Trinajstić information content (AvgIpc) is 2.73. The molecule has 0 bridgehead atoms. The first-order chi connectivity index (χ1) is 8.01. The molecule has 17 heavy (non-hydrogen) atoms. The van der Waals surface area contributed by atoms with Crippen molar-refractivity contribution in [3.05, 3.63) is 0 Å². The van der Waals surface area contributed by atoms with Gasteiger partial charge in [-0.2, -0.15) is 11.8 Å². The summed E-state index contributed by atoms with van der Waals surface area (Å²) in [6.45, 7) is 6.77. The Hall–Kier alpha value is -0.220. The van der Waals surface area contributed by atoms with E-state index in [9.17, 15) is 4.79 Å². The van der Waals surface area contributed by atoms with Crippen molar-refractivity contribution in [3.63, 3.8) is 0 Å². The monoisotopic (exact) mass is 259 g/mol. The standard InChI is InChI=1S/C13H25NO2S/c1-5-17-11-8-6-7-10(11)14-9-13(2,3)12(15)16-4/h10-11,14H,5-9H2,1-4H3. The molecule has 1 aliphatic rings. The van der Waals surface area contributed by atoms with Crippen LogP contribution in [0.2, 0.25) is 0 Å². The number of carbonyl (C=O) groups excluding carboxylic acids is 1. The zero-order chi connectivity index (χ0) is 12.9. The lowest BCUT2D eigenvalue weighted by Gasteiger charge is -2.27. The van der Waals surface area contributed by atoms with Crippen molar-refractivity contribution in [3.8, 4) is 0 Å². The first kappa shape index (κ1) is 14.8. The Morgan fingerprint density at radius 1 is 1.47 bits per heavy atom. The molecule has 2 unspecified atom stereocenters. The predicted molar refractivity (Wildman–Crippen MR) is 73.4 cm³/mol. The molecule has 0 spiro atoms. The highest BCUT2D eigenvalue weighted by Gasteiger charge is 2.32. The molecule has 0 aromatic heterocycles. The van der Waals surface area contributed by atoms with E-state index in [1.165, 1.54) is 32.1 Å². The summed E-state index contributed by atoms with van der Waals surface area (Å²) in [6, 6.07) is 0.559. The topological polar surface area (TPSA) is 38.3 Å². The second-order valence-corrected chi connectivity index (χ2v) is 6.80. The van der Waals surface area contributed by atoms with E-state index >= 15 is 0 Å². The lowest BCUT2D eigenvalue weighted by atomic mass is 9.93. The van der Waals surface area contributed by atoms with Gasteiger partial charge in [0.1, 0.15) is 0 Å². The van der Waals surface area contributed by atoms with Crippen LogP contribution in [0.15, 0.2) is 0 Å². The maximum atomic E-state index is 11.6. The molecule has 4 heteroatoms. The molecule has 3 nitrogen and oxygen atoms in total. The lowest BCUT2D eigenvalue weighted by Crippen LogP contribution is -2.43. The molecule has 0 saturated heterocycles. The molecule has 100 valence electrons. The minimum Gasteiger partial charge on any atom is -0.469 e. The van der Waals surface area contributed by atoms with Crippen LogP contribution in [0.3, 0.4) is 0 Å². The summed E-state index contributed by atoms with van der Waals surface area (Å²) >= 11 is 2.03. The molecular formula is C13H25NO2S. The van der Waals surface area contributed by atoms with Gasteiger partial charge in [0.25, 0.3) is 0 Å². The molecule has 1 fully saturated rings. The Labute approximate surface area is 109 Å². The van der Waals surface area contributed by atoms with Crippen molar-refractivity contribution in [2.75, 3.05) is 19.4 Å². The molecule has 0 heterocycles. The second kappa shape index (κ2) is 6.64. The van der Waals surface area contributed by atoms with Crippen molar-refractivity contribution in [1.29, 1.82) is 0 Å². The van der Waals surface area contributed by atoms with Gasteiger partial charge in [0.05, 0.1) is 12.5 Å². The van der Waals surface area contributed by atoms with E-state index in [4.69, 9.17) is 4.74 Å². The fraction of sp³-hybridized carbons (Fsp3) is 0.923. The van der Waals surface area contributed by atoms with Crippen LogP contribution in [0.25, 0.3) is 0 Å². The number of rotatable bonds is 6. The van der Waals surface area contributed by atoms with Crippen molar-refractivity contribution in [2.45, 2.75) is 51.3 Å². The lowest BCUT2D eigenvalue weighted by molar-refractivity contribution is -0.150. The van der Waals surface area contributed by atoms with Gasteiger partial charge in [-0.25, -0.2) is 0 Å². The van der Waals surface area contributed by atoms with Crippen LogP contribution >= 0.6 is 11.8 Å². The van der Waals surface area contributed by atoms with Gasteiger partial charge in [-0.05, 0) is 32.4 Å². The van der Waals surface area contributed by atoms with Gasteiger partial charge in [-0.1, -0.05) is 13.3 Å². The third-order valence-electron chi connectivity index (χ3n) is 3.38. The molecule has 0 radical (unpaired) electrons. The Kier molecular flexibility index (Phi) is 5.80. The summed E-state index contributed by atoms with van der Waals surface area (Å²) in [6.07, 6.45) is 3.83. The fourth-order valence-corrected chi connectivity index (χ4v) is 3.53. The summed E-state index contributed by atoms with van der Waals surface area (Å²) in [5.74, 6) is 1.03. The molecule has 1 saturated carbocycles. The molecule has 2 atom stereocenters. The summed E-state index contributed by atoms with van der Waals surface area (Å²) in [5.41, 5.74) is -0.432. The van der Waals surface area contributed by atoms with Gasteiger partial charge < -0.3 is 10.1 Å². The van der Waals surface area contributed by atoms with E-state index in [1.54, 1.807) is 0 Å². The van der Waals surface area contributed by atoms with Crippen molar-refractivity contribution in [2.24, 2.45) is 5.41 Å². The second-order valence-electron chi connectivity index (χ2n) is 5.29. The minimum atomic E-state index is -0.432. The van der Waals surface area contributed by atoms with E-state index in [2.05, 4.69) is 12.2 Å². The smallest absolute Gasteiger partial charge is 0.312 e. The SMILES string of the molecule is CCSC1CCCC1NCC(C)(C)C(=O)OC. The molecule has 1 rings (SSSR count).